The fourth-order valence-corrected chi connectivity index (χ4v) is 6.91. The maximum atomic E-state index is 13.3. The Morgan fingerprint density at radius 3 is 2.15 bits per heavy atom. The summed E-state index contributed by atoms with van der Waals surface area (Å²) in [7, 11) is -3.27. The molecule has 0 radical (unpaired) electrons. The van der Waals surface area contributed by atoms with E-state index in [1.807, 2.05) is 35.2 Å². The predicted molar refractivity (Wildman–Crippen MR) is 191 cm³/mol. The van der Waals surface area contributed by atoms with E-state index in [0.717, 1.165) is 93.1 Å². The van der Waals surface area contributed by atoms with Gasteiger partial charge in [-0.05, 0) is 134 Å². The van der Waals surface area contributed by atoms with Gasteiger partial charge < -0.3 is 15.2 Å². The fraction of sp³-hybridized carbons (Fsp3) is 0.447. The van der Waals surface area contributed by atoms with Crippen LogP contribution in [-0.2, 0) is 22.9 Å². The maximum Gasteiger partial charge on any atom is 0.253 e. The maximum absolute atomic E-state index is 13.3. The van der Waals surface area contributed by atoms with Crippen molar-refractivity contribution in [1.29, 1.82) is 0 Å². The zero-order chi connectivity index (χ0) is 32.8. The average molecular weight is 643 g/mol. The molecule has 2 heterocycles. The normalized spacial score (nSPS) is 13.8. The number of fused-ring (bicyclic) bond motifs is 1. The van der Waals surface area contributed by atoms with Crippen molar-refractivity contribution in [3.8, 4) is 11.3 Å². The van der Waals surface area contributed by atoms with Gasteiger partial charge in [0, 0.05) is 40.9 Å². The molecular formula is C38H50N4O3S. The van der Waals surface area contributed by atoms with Gasteiger partial charge in [0.05, 0.1) is 6.26 Å². The molecule has 1 aromatic heterocycles. The first-order valence-electron chi connectivity index (χ1n) is 16.8. The van der Waals surface area contributed by atoms with Gasteiger partial charge in [0.25, 0.3) is 5.91 Å². The molecule has 0 saturated carbocycles. The van der Waals surface area contributed by atoms with Crippen molar-refractivity contribution in [2.24, 2.45) is 0 Å². The second kappa shape index (κ2) is 14.9. The summed E-state index contributed by atoms with van der Waals surface area (Å²) in [6.45, 7) is 12.5. The largest absolute Gasteiger partial charge is 0.354 e. The second-order valence-electron chi connectivity index (χ2n) is 13.5. The molecule has 0 bridgehead atoms. The lowest BCUT2D eigenvalue weighted by Crippen LogP contribution is -2.27. The lowest BCUT2D eigenvalue weighted by atomic mass is 9.91. The summed E-state index contributed by atoms with van der Waals surface area (Å²) in [5.41, 5.74) is 9.95. The number of H-pyrrole nitrogens is 1. The Morgan fingerprint density at radius 1 is 0.848 bits per heavy atom. The summed E-state index contributed by atoms with van der Waals surface area (Å²) in [5.74, 6) is 0.994. The first-order chi connectivity index (χ1) is 22.0. The number of aryl methyl sites for hydroxylation is 1. The molecule has 8 heteroatoms. The van der Waals surface area contributed by atoms with E-state index in [4.69, 9.17) is 0 Å². The van der Waals surface area contributed by atoms with Gasteiger partial charge in [-0.1, -0.05) is 45.9 Å². The molecule has 4 aromatic rings. The van der Waals surface area contributed by atoms with Gasteiger partial charge in [0.15, 0.2) is 0 Å². The highest BCUT2D eigenvalue weighted by atomic mass is 32.2. The number of nitrogens with zero attached hydrogens (tertiary/aromatic N) is 1. The third-order valence-electron chi connectivity index (χ3n) is 9.02. The number of rotatable bonds is 14. The number of benzene rings is 3. The molecule has 0 atom stereocenters. The fourth-order valence-electron chi connectivity index (χ4n) is 6.35. The van der Waals surface area contributed by atoms with Crippen molar-refractivity contribution in [3.63, 3.8) is 0 Å². The van der Waals surface area contributed by atoms with Crippen LogP contribution in [0.4, 0.5) is 5.69 Å². The Morgan fingerprint density at radius 2 is 1.52 bits per heavy atom. The Hall–Kier alpha value is -3.62. The van der Waals surface area contributed by atoms with Crippen LogP contribution in [0.2, 0.25) is 0 Å². The molecule has 1 saturated heterocycles. The number of amides is 1. The van der Waals surface area contributed by atoms with Crippen LogP contribution >= 0.6 is 0 Å². The summed E-state index contributed by atoms with van der Waals surface area (Å²) < 4.78 is 25.4. The summed E-state index contributed by atoms with van der Waals surface area (Å²) in [4.78, 5) is 19.1. The summed E-state index contributed by atoms with van der Waals surface area (Å²) in [6, 6.07) is 20.8. The molecule has 3 aromatic carbocycles. The van der Waals surface area contributed by atoms with Crippen molar-refractivity contribution in [2.45, 2.75) is 78.1 Å². The highest BCUT2D eigenvalue weighted by Gasteiger charge is 2.22. The molecule has 46 heavy (non-hydrogen) atoms. The van der Waals surface area contributed by atoms with Gasteiger partial charge in [0.1, 0.15) is 0 Å². The number of hydrogen-bond acceptors (Lipinski definition) is 4. The third kappa shape index (κ3) is 8.59. The lowest BCUT2D eigenvalue weighted by molar-refractivity contribution is 0.0793. The Kier molecular flexibility index (Phi) is 10.9. The zero-order valence-electron chi connectivity index (χ0n) is 28.1. The average Bonchev–Trinajstić information content (AvgIpc) is 3.68. The number of anilines is 1. The summed E-state index contributed by atoms with van der Waals surface area (Å²) >= 11 is 0. The summed E-state index contributed by atoms with van der Waals surface area (Å²) in [5, 5.41) is 4.80. The predicted octanol–water partition coefficient (Wildman–Crippen LogP) is 7.84. The van der Waals surface area contributed by atoms with Gasteiger partial charge in [-0.2, -0.15) is 0 Å². The number of hydrogen-bond donors (Lipinski definition) is 3. The molecule has 0 aliphatic carbocycles. The molecule has 3 N–H and O–H groups in total. The summed E-state index contributed by atoms with van der Waals surface area (Å²) in [6.07, 6.45) is 7.23. The van der Waals surface area contributed by atoms with Crippen LogP contribution in [0.15, 0.2) is 60.7 Å². The first-order valence-corrected chi connectivity index (χ1v) is 18.7. The molecule has 246 valence electrons. The number of likely N-dealkylation sites (tertiary alicyclic amines) is 1. The van der Waals surface area contributed by atoms with Crippen LogP contribution in [0, 0.1) is 0 Å². The molecule has 7 nitrogen and oxygen atoms in total. The van der Waals surface area contributed by atoms with Gasteiger partial charge >= 0.3 is 0 Å². The smallest absolute Gasteiger partial charge is 0.253 e. The van der Waals surface area contributed by atoms with E-state index >= 15 is 0 Å². The monoisotopic (exact) mass is 642 g/mol. The van der Waals surface area contributed by atoms with E-state index in [1.165, 1.54) is 27.8 Å². The molecule has 5 rings (SSSR count). The number of carbonyl (C=O) groups is 1. The third-order valence-corrected chi connectivity index (χ3v) is 9.63. The van der Waals surface area contributed by atoms with Gasteiger partial charge in [-0.3, -0.25) is 9.52 Å². The van der Waals surface area contributed by atoms with Crippen LogP contribution in [0.25, 0.3) is 22.2 Å². The van der Waals surface area contributed by atoms with E-state index in [2.05, 4.69) is 73.0 Å². The number of carbonyl (C=O) groups excluding carboxylic acids is 1. The van der Waals surface area contributed by atoms with Crippen molar-refractivity contribution in [1.82, 2.24) is 15.2 Å². The minimum atomic E-state index is -3.27. The van der Waals surface area contributed by atoms with Crippen molar-refractivity contribution < 1.29 is 13.2 Å². The number of aromatic amines is 1. The van der Waals surface area contributed by atoms with Crippen molar-refractivity contribution in [2.75, 3.05) is 37.2 Å². The molecule has 0 spiro atoms. The topological polar surface area (TPSA) is 94.3 Å². The highest BCUT2D eigenvalue weighted by Crippen LogP contribution is 2.35. The van der Waals surface area contributed by atoms with Crippen LogP contribution in [0.3, 0.4) is 0 Å². The molecule has 1 aliphatic rings. The molecule has 1 amide bonds. The minimum Gasteiger partial charge on any atom is -0.354 e. The van der Waals surface area contributed by atoms with E-state index in [1.54, 1.807) is 0 Å². The van der Waals surface area contributed by atoms with Gasteiger partial charge in [0.2, 0.25) is 10.0 Å². The number of aromatic nitrogens is 1. The van der Waals surface area contributed by atoms with Crippen molar-refractivity contribution >= 4 is 32.5 Å². The lowest BCUT2D eigenvalue weighted by Gasteiger charge is -2.16. The van der Waals surface area contributed by atoms with E-state index in [9.17, 15) is 13.2 Å². The Bertz CT molecular complexity index is 1720. The van der Waals surface area contributed by atoms with Crippen LogP contribution in [0.5, 0.6) is 0 Å². The Balaban J connectivity index is 1.30. The Labute approximate surface area is 275 Å². The SMILES string of the molecule is CC(C)c1cc(-c2[nH]c3ccc(C(=O)N4CCCC4)cc3c2CCNCCCCc2ccc(NS(C)(=O)=O)cc2)cc(C(C)C)c1. The van der Waals surface area contributed by atoms with E-state index in [0.29, 0.717) is 17.5 Å². The van der Waals surface area contributed by atoms with Crippen molar-refractivity contribution in [3.05, 3.63) is 88.5 Å². The van der Waals surface area contributed by atoms with E-state index in [-0.39, 0.29) is 5.91 Å². The van der Waals surface area contributed by atoms with Gasteiger partial charge in [-0.25, -0.2) is 8.42 Å². The molecule has 1 fully saturated rings. The first kappa shape index (κ1) is 33.7. The van der Waals surface area contributed by atoms with Crippen LogP contribution in [-0.4, -0.2) is 56.6 Å². The highest BCUT2D eigenvalue weighted by molar-refractivity contribution is 7.92. The van der Waals surface area contributed by atoms with E-state index < -0.39 is 10.0 Å². The number of sulfonamides is 1. The molecule has 1 aliphatic heterocycles. The molecular weight excluding hydrogens is 593 g/mol. The van der Waals surface area contributed by atoms with Crippen LogP contribution < -0.4 is 10.0 Å². The quantitative estimate of drug-likeness (QED) is 0.122. The number of unbranched alkanes of at least 4 members (excludes halogenated alkanes) is 1. The number of nitrogens with one attached hydrogen (secondary N) is 3. The standard InChI is InChI=1S/C38H50N4O3S/c1-26(2)30-22-31(27(3)4)24-32(23-30)37-34(35-25-29(13-16-36(35)40-37)38(43)42-20-8-9-21-42)17-19-39-18-7-6-10-28-11-14-33(15-12-28)41-46(5,44)45/h11-16,22-27,39-41H,6-10,17-21H2,1-5H3. The van der Waals surface area contributed by atoms with Gasteiger partial charge in [-0.15, -0.1) is 0 Å². The second-order valence-corrected chi connectivity index (χ2v) is 15.2. The zero-order valence-corrected chi connectivity index (χ0v) is 28.9. The molecule has 0 unspecified atom stereocenters. The van der Waals surface area contributed by atoms with Crippen LogP contribution in [0.1, 0.15) is 97.8 Å². The minimum absolute atomic E-state index is 0.136.